The van der Waals surface area contributed by atoms with Crippen molar-refractivity contribution in [1.29, 1.82) is 0 Å². The lowest BCUT2D eigenvalue weighted by atomic mass is 10.0. The van der Waals surface area contributed by atoms with Crippen LogP contribution in [0.15, 0.2) is 43.0 Å². The molecular weight excluding hydrogens is 255 g/mol. The predicted octanol–water partition coefficient (Wildman–Crippen LogP) is 2.86. The lowest BCUT2D eigenvalue weighted by Gasteiger charge is -2.18. The summed E-state index contributed by atoms with van der Waals surface area (Å²) in [4.78, 5) is 3.92. The van der Waals surface area contributed by atoms with Crippen molar-refractivity contribution in [1.82, 2.24) is 14.9 Å². The summed E-state index contributed by atoms with van der Waals surface area (Å²) < 4.78 is 39.9. The predicted molar refractivity (Wildman–Crippen MR) is 65.5 cm³/mol. The summed E-state index contributed by atoms with van der Waals surface area (Å²) >= 11 is 0. The Morgan fingerprint density at radius 1 is 1.37 bits per heavy atom. The standard InChI is InChI=1S/C13H14F3N3/c1-17-12(8-19-6-5-18-9-19)10-3-2-4-11(7-10)13(14,15)16/h2-7,9,12,17H,8H2,1H3. The highest BCUT2D eigenvalue weighted by atomic mass is 19.4. The second-order valence-electron chi connectivity index (χ2n) is 4.22. The topological polar surface area (TPSA) is 29.9 Å². The number of imidazole rings is 1. The van der Waals surface area contributed by atoms with Gasteiger partial charge in [0.1, 0.15) is 0 Å². The quantitative estimate of drug-likeness (QED) is 0.925. The van der Waals surface area contributed by atoms with E-state index in [1.54, 1.807) is 31.8 Å². The molecule has 1 atom stereocenters. The van der Waals surface area contributed by atoms with Crippen molar-refractivity contribution in [2.24, 2.45) is 0 Å². The zero-order valence-corrected chi connectivity index (χ0v) is 10.4. The van der Waals surface area contributed by atoms with Crippen LogP contribution in [0.5, 0.6) is 0 Å². The van der Waals surface area contributed by atoms with Crippen molar-refractivity contribution in [3.05, 3.63) is 54.1 Å². The molecule has 1 heterocycles. The minimum absolute atomic E-state index is 0.198. The fourth-order valence-corrected chi connectivity index (χ4v) is 1.90. The number of hydrogen-bond acceptors (Lipinski definition) is 2. The largest absolute Gasteiger partial charge is 0.416 e. The third kappa shape index (κ3) is 3.35. The molecule has 0 fully saturated rings. The number of nitrogens with one attached hydrogen (secondary N) is 1. The summed E-state index contributed by atoms with van der Waals surface area (Å²) in [6, 6.07) is 5.17. The van der Waals surface area contributed by atoms with Gasteiger partial charge in [-0.3, -0.25) is 0 Å². The van der Waals surface area contributed by atoms with Gasteiger partial charge >= 0.3 is 6.18 Å². The Morgan fingerprint density at radius 2 is 2.16 bits per heavy atom. The summed E-state index contributed by atoms with van der Waals surface area (Å²) in [5, 5.41) is 3.02. The molecule has 0 aliphatic carbocycles. The molecule has 102 valence electrons. The van der Waals surface area contributed by atoms with Crippen molar-refractivity contribution in [3.8, 4) is 0 Å². The molecular formula is C13H14F3N3. The Balaban J connectivity index is 2.23. The molecule has 1 aromatic carbocycles. The van der Waals surface area contributed by atoms with Gasteiger partial charge < -0.3 is 9.88 Å². The molecule has 1 N–H and O–H groups in total. The van der Waals surface area contributed by atoms with Crippen molar-refractivity contribution in [3.63, 3.8) is 0 Å². The van der Waals surface area contributed by atoms with E-state index in [9.17, 15) is 13.2 Å². The normalized spacial score (nSPS) is 13.5. The van der Waals surface area contributed by atoms with Crippen LogP contribution in [0.1, 0.15) is 17.2 Å². The zero-order chi connectivity index (χ0) is 13.9. The number of aromatic nitrogens is 2. The SMILES string of the molecule is CNC(Cn1ccnc1)c1cccc(C(F)(F)F)c1. The highest BCUT2D eigenvalue weighted by Crippen LogP contribution is 2.30. The number of rotatable bonds is 4. The fourth-order valence-electron chi connectivity index (χ4n) is 1.90. The van der Waals surface area contributed by atoms with Crippen LogP contribution in [0.25, 0.3) is 0 Å². The Morgan fingerprint density at radius 3 is 2.74 bits per heavy atom. The van der Waals surface area contributed by atoms with Crippen LogP contribution in [0.4, 0.5) is 13.2 Å². The number of benzene rings is 1. The first kappa shape index (κ1) is 13.6. The number of nitrogens with zero attached hydrogens (tertiary/aromatic N) is 2. The maximum atomic E-state index is 12.7. The summed E-state index contributed by atoms with van der Waals surface area (Å²) in [7, 11) is 1.72. The molecule has 6 heteroatoms. The van der Waals surface area contributed by atoms with E-state index in [0.29, 0.717) is 12.1 Å². The molecule has 0 saturated carbocycles. The van der Waals surface area contributed by atoms with Crippen molar-refractivity contribution in [2.75, 3.05) is 7.05 Å². The first-order chi connectivity index (χ1) is 9.00. The molecule has 3 nitrogen and oxygen atoms in total. The smallest absolute Gasteiger partial charge is 0.336 e. The third-order valence-electron chi connectivity index (χ3n) is 2.92. The molecule has 1 unspecified atom stereocenters. The fraction of sp³-hybridized carbons (Fsp3) is 0.308. The molecule has 0 aliphatic rings. The molecule has 0 bridgehead atoms. The molecule has 2 aromatic rings. The average Bonchev–Trinajstić information content (AvgIpc) is 2.88. The summed E-state index contributed by atoms with van der Waals surface area (Å²) in [6.45, 7) is 0.526. The summed E-state index contributed by atoms with van der Waals surface area (Å²) in [5.41, 5.74) is -0.0260. The van der Waals surface area contributed by atoms with Gasteiger partial charge in [0.2, 0.25) is 0 Å². The molecule has 19 heavy (non-hydrogen) atoms. The van der Waals surface area contributed by atoms with E-state index in [1.807, 2.05) is 4.57 Å². The lowest BCUT2D eigenvalue weighted by molar-refractivity contribution is -0.137. The van der Waals surface area contributed by atoms with E-state index in [4.69, 9.17) is 0 Å². The zero-order valence-electron chi connectivity index (χ0n) is 10.4. The molecule has 0 saturated heterocycles. The second-order valence-corrected chi connectivity index (χ2v) is 4.22. The first-order valence-corrected chi connectivity index (χ1v) is 5.81. The van der Waals surface area contributed by atoms with Gasteiger partial charge in [-0.15, -0.1) is 0 Å². The van der Waals surface area contributed by atoms with Crippen LogP contribution >= 0.6 is 0 Å². The molecule has 0 spiro atoms. The number of alkyl halides is 3. The average molecular weight is 269 g/mol. The van der Waals surface area contributed by atoms with Gasteiger partial charge in [-0.25, -0.2) is 4.98 Å². The summed E-state index contributed by atoms with van der Waals surface area (Å²) in [6.07, 6.45) is 0.734. The van der Waals surface area contributed by atoms with Gasteiger partial charge in [-0.05, 0) is 24.7 Å². The van der Waals surface area contributed by atoms with Crippen LogP contribution in [0.3, 0.4) is 0 Å². The Hall–Kier alpha value is -1.82. The molecule has 0 radical (unpaired) electrons. The van der Waals surface area contributed by atoms with Crippen LogP contribution in [-0.4, -0.2) is 16.6 Å². The Kier molecular flexibility index (Phi) is 3.90. The van der Waals surface area contributed by atoms with E-state index < -0.39 is 11.7 Å². The van der Waals surface area contributed by atoms with Crippen molar-refractivity contribution in [2.45, 2.75) is 18.8 Å². The highest BCUT2D eigenvalue weighted by molar-refractivity contribution is 5.28. The monoisotopic (exact) mass is 269 g/mol. The minimum Gasteiger partial charge on any atom is -0.336 e. The number of likely N-dealkylation sites (N-methyl/N-ethyl adjacent to an activating group) is 1. The maximum Gasteiger partial charge on any atom is 0.416 e. The van der Waals surface area contributed by atoms with Gasteiger partial charge in [0.25, 0.3) is 0 Å². The highest BCUT2D eigenvalue weighted by Gasteiger charge is 2.30. The van der Waals surface area contributed by atoms with E-state index in [1.165, 1.54) is 12.1 Å². The third-order valence-corrected chi connectivity index (χ3v) is 2.92. The molecule has 1 aromatic heterocycles. The van der Waals surface area contributed by atoms with Gasteiger partial charge in [0, 0.05) is 25.0 Å². The lowest BCUT2D eigenvalue weighted by Crippen LogP contribution is -2.22. The number of hydrogen-bond donors (Lipinski definition) is 1. The van der Waals surface area contributed by atoms with Gasteiger partial charge in [-0.2, -0.15) is 13.2 Å². The second kappa shape index (κ2) is 5.44. The van der Waals surface area contributed by atoms with Crippen molar-refractivity contribution >= 4 is 0 Å². The Bertz CT molecular complexity index is 520. The Labute approximate surface area is 109 Å². The molecule has 0 amide bonds. The van der Waals surface area contributed by atoms with Gasteiger partial charge in [-0.1, -0.05) is 12.1 Å². The van der Waals surface area contributed by atoms with E-state index >= 15 is 0 Å². The minimum atomic E-state index is -4.32. The van der Waals surface area contributed by atoms with Gasteiger partial charge in [0.05, 0.1) is 11.9 Å². The first-order valence-electron chi connectivity index (χ1n) is 5.81. The van der Waals surface area contributed by atoms with Crippen LogP contribution in [-0.2, 0) is 12.7 Å². The van der Waals surface area contributed by atoms with E-state index in [2.05, 4.69) is 10.3 Å². The van der Waals surface area contributed by atoms with E-state index in [-0.39, 0.29) is 6.04 Å². The van der Waals surface area contributed by atoms with Crippen LogP contribution in [0.2, 0.25) is 0 Å². The molecule has 2 rings (SSSR count). The van der Waals surface area contributed by atoms with E-state index in [0.717, 1.165) is 6.07 Å². The maximum absolute atomic E-state index is 12.7. The van der Waals surface area contributed by atoms with Gasteiger partial charge in [0.15, 0.2) is 0 Å². The van der Waals surface area contributed by atoms with Crippen LogP contribution in [0, 0.1) is 0 Å². The summed E-state index contributed by atoms with van der Waals surface area (Å²) in [5.74, 6) is 0. The van der Waals surface area contributed by atoms with Crippen LogP contribution < -0.4 is 5.32 Å². The van der Waals surface area contributed by atoms with Crippen molar-refractivity contribution < 1.29 is 13.2 Å². The number of halogens is 3. The molecule has 0 aliphatic heterocycles.